The molecule has 2 amide bonds. The molecule has 7 heteroatoms. The maximum Gasteiger partial charge on any atom is 0.252 e. The van der Waals surface area contributed by atoms with Gasteiger partial charge >= 0.3 is 0 Å². The molecule has 1 atom stereocenters. The molecule has 5 nitrogen and oxygen atoms in total. The van der Waals surface area contributed by atoms with E-state index < -0.39 is 0 Å². The summed E-state index contributed by atoms with van der Waals surface area (Å²) in [5.74, 6) is 0.640. The van der Waals surface area contributed by atoms with Gasteiger partial charge in [0.05, 0.1) is 11.3 Å². The van der Waals surface area contributed by atoms with E-state index in [0.717, 1.165) is 17.7 Å². The molecule has 27 heavy (non-hydrogen) atoms. The van der Waals surface area contributed by atoms with Crippen LogP contribution in [0.15, 0.2) is 29.2 Å². The fourth-order valence-corrected chi connectivity index (χ4v) is 4.30. The first-order chi connectivity index (χ1) is 12.5. The number of carbonyl (C=O) groups is 2. The van der Waals surface area contributed by atoms with E-state index in [1.807, 2.05) is 38.1 Å². The molecule has 1 fully saturated rings. The van der Waals surface area contributed by atoms with Crippen LogP contribution in [0.25, 0.3) is 0 Å². The number of halogens is 1. The van der Waals surface area contributed by atoms with E-state index in [0.29, 0.717) is 23.8 Å². The second-order valence-electron chi connectivity index (χ2n) is 7.22. The minimum atomic E-state index is -0.0987. The van der Waals surface area contributed by atoms with Gasteiger partial charge in [0.1, 0.15) is 0 Å². The number of rotatable bonds is 8. The second-order valence-corrected chi connectivity index (χ2v) is 8.24. The molecule has 1 aromatic carbocycles. The zero-order valence-corrected chi connectivity index (χ0v) is 17.8. The molecule has 4 N–H and O–H groups in total. The van der Waals surface area contributed by atoms with Crippen molar-refractivity contribution in [2.45, 2.75) is 62.9 Å². The molecule has 0 heterocycles. The number of carbonyl (C=O) groups excluding carboxylic acids is 2. The highest BCUT2D eigenvalue weighted by Crippen LogP contribution is 2.27. The molecule has 0 radical (unpaired) electrons. The fourth-order valence-electron chi connectivity index (χ4n) is 3.44. The van der Waals surface area contributed by atoms with Crippen LogP contribution in [-0.4, -0.2) is 36.2 Å². The first kappa shape index (κ1) is 23.8. The van der Waals surface area contributed by atoms with E-state index in [9.17, 15) is 9.59 Å². The lowest BCUT2D eigenvalue weighted by molar-refractivity contribution is -0.119. The van der Waals surface area contributed by atoms with Gasteiger partial charge in [0, 0.05) is 23.5 Å². The van der Waals surface area contributed by atoms with Gasteiger partial charge in [0.25, 0.3) is 5.91 Å². The van der Waals surface area contributed by atoms with Crippen molar-refractivity contribution in [3.8, 4) is 0 Å². The fraction of sp³-hybridized carbons (Fsp3) is 0.600. The largest absolute Gasteiger partial charge is 0.353 e. The molecule has 1 saturated carbocycles. The monoisotopic (exact) mass is 413 g/mol. The Bertz CT molecular complexity index is 607. The van der Waals surface area contributed by atoms with Crippen LogP contribution in [0.5, 0.6) is 0 Å². The Hall–Kier alpha value is -1.24. The van der Waals surface area contributed by atoms with Gasteiger partial charge in [0.2, 0.25) is 5.91 Å². The van der Waals surface area contributed by atoms with Crippen LogP contribution in [0.2, 0.25) is 0 Å². The summed E-state index contributed by atoms with van der Waals surface area (Å²) in [6.07, 6.45) is 5.98. The molecule has 1 aliphatic carbocycles. The third-order valence-electron chi connectivity index (χ3n) is 4.73. The third kappa shape index (κ3) is 7.72. The standard InChI is InChI=1S/C20H31N3O2S.ClH/c1-14(2)22-19(24)13-26-18-11-7-6-10-16(18)20(25)23-17(12-21)15-8-4-3-5-9-15;/h6-7,10-11,14-15,17H,3-5,8-9,12-13,21H2,1-2H3,(H,22,24)(H,23,25);1H. The lowest BCUT2D eigenvalue weighted by atomic mass is 9.84. The van der Waals surface area contributed by atoms with Gasteiger partial charge in [-0.2, -0.15) is 0 Å². The molecule has 0 saturated heterocycles. The molecule has 0 aromatic heterocycles. The zero-order valence-electron chi connectivity index (χ0n) is 16.2. The van der Waals surface area contributed by atoms with Crippen molar-refractivity contribution < 1.29 is 9.59 Å². The van der Waals surface area contributed by atoms with E-state index in [-0.39, 0.29) is 36.3 Å². The first-order valence-corrected chi connectivity index (χ1v) is 10.5. The Morgan fingerprint density at radius 2 is 1.81 bits per heavy atom. The van der Waals surface area contributed by atoms with Gasteiger partial charge in [-0.05, 0) is 44.7 Å². The SMILES string of the molecule is CC(C)NC(=O)CSc1ccccc1C(=O)NC(CN)C1CCCCC1.Cl. The third-order valence-corrected chi connectivity index (χ3v) is 5.80. The lowest BCUT2D eigenvalue weighted by Gasteiger charge is -2.30. The average Bonchev–Trinajstić information content (AvgIpc) is 2.64. The quantitative estimate of drug-likeness (QED) is 0.570. The van der Waals surface area contributed by atoms with Crippen LogP contribution >= 0.6 is 24.2 Å². The second kappa shape index (κ2) is 12.3. The van der Waals surface area contributed by atoms with Crippen molar-refractivity contribution in [3.63, 3.8) is 0 Å². The summed E-state index contributed by atoms with van der Waals surface area (Å²) in [5.41, 5.74) is 6.55. The molecular weight excluding hydrogens is 382 g/mol. The van der Waals surface area contributed by atoms with Crippen molar-refractivity contribution in [2.24, 2.45) is 11.7 Å². The number of hydrogen-bond donors (Lipinski definition) is 3. The summed E-state index contributed by atoms with van der Waals surface area (Å²) in [4.78, 5) is 25.5. The molecule has 152 valence electrons. The van der Waals surface area contributed by atoms with E-state index in [1.165, 1.54) is 31.0 Å². The summed E-state index contributed by atoms with van der Waals surface area (Å²) in [6.45, 7) is 4.33. The maximum absolute atomic E-state index is 12.8. The van der Waals surface area contributed by atoms with E-state index in [1.54, 1.807) is 0 Å². The summed E-state index contributed by atoms with van der Waals surface area (Å²) < 4.78 is 0. The van der Waals surface area contributed by atoms with Gasteiger partial charge in [-0.3, -0.25) is 9.59 Å². The number of nitrogens with one attached hydrogen (secondary N) is 2. The number of amides is 2. The minimum absolute atomic E-state index is 0. The molecule has 0 bridgehead atoms. The normalized spacial score (nSPS) is 15.7. The number of thioether (sulfide) groups is 1. The van der Waals surface area contributed by atoms with Crippen molar-refractivity contribution in [3.05, 3.63) is 29.8 Å². The van der Waals surface area contributed by atoms with Crippen molar-refractivity contribution in [1.82, 2.24) is 10.6 Å². The van der Waals surface area contributed by atoms with Crippen LogP contribution in [0.3, 0.4) is 0 Å². The van der Waals surface area contributed by atoms with E-state index in [4.69, 9.17) is 5.73 Å². The van der Waals surface area contributed by atoms with Crippen molar-refractivity contribution in [2.75, 3.05) is 12.3 Å². The number of benzene rings is 1. The molecular formula is C20H32ClN3O2S. The lowest BCUT2D eigenvalue weighted by Crippen LogP contribution is -2.46. The van der Waals surface area contributed by atoms with Gasteiger partial charge < -0.3 is 16.4 Å². The molecule has 0 spiro atoms. The van der Waals surface area contributed by atoms with Crippen LogP contribution < -0.4 is 16.4 Å². The summed E-state index contributed by atoms with van der Waals surface area (Å²) in [5, 5.41) is 6.00. The molecule has 1 aliphatic rings. The Morgan fingerprint density at radius 1 is 1.15 bits per heavy atom. The predicted molar refractivity (Wildman–Crippen MR) is 115 cm³/mol. The van der Waals surface area contributed by atoms with Crippen LogP contribution in [0, 0.1) is 5.92 Å². The van der Waals surface area contributed by atoms with Gasteiger partial charge in [-0.1, -0.05) is 31.4 Å². The smallest absolute Gasteiger partial charge is 0.252 e. The maximum atomic E-state index is 12.8. The summed E-state index contributed by atoms with van der Waals surface area (Å²) in [6, 6.07) is 7.58. The topological polar surface area (TPSA) is 84.2 Å². The highest BCUT2D eigenvalue weighted by molar-refractivity contribution is 8.00. The molecule has 2 rings (SSSR count). The summed E-state index contributed by atoms with van der Waals surface area (Å²) >= 11 is 1.39. The number of nitrogens with two attached hydrogens (primary N) is 1. The first-order valence-electron chi connectivity index (χ1n) is 9.53. The molecule has 1 aromatic rings. The van der Waals surface area contributed by atoms with Crippen LogP contribution in [0.1, 0.15) is 56.3 Å². The van der Waals surface area contributed by atoms with Crippen LogP contribution in [-0.2, 0) is 4.79 Å². The van der Waals surface area contributed by atoms with Crippen molar-refractivity contribution in [1.29, 1.82) is 0 Å². The van der Waals surface area contributed by atoms with Gasteiger partial charge in [-0.15, -0.1) is 24.2 Å². The van der Waals surface area contributed by atoms with Gasteiger partial charge in [-0.25, -0.2) is 0 Å². The summed E-state index contributed by atoms with van der Waals surface area (Å²) in [7, 11) is 0. The Balaban J connectivity index is 0.00000364. The minimum Gasteiger partial charge on any atom is -0.353 e. The Labute approximate surface area is 173 Å². The number of hydrogen-bond acceptors (Lipinski definition) is 4. The highest BCUT2D eigenvalue weighted by Gasteiger charge is 2.25. The predicted octanol–water partition coefficient (Wildman–Crippen LogP) is 3.36. The Morgan fingerprint density at radius 3 is 2.44 bits per heavy atom. The average molecular weight is 414 g/mol. The molecule has 0 aliphatic heterocycles. The highest BCUT2D eigenvalue weighted by atomic mass is 35.5. The Kier molecular flexibility index (Phi) is 10.8. The van der Waals surface area contributed by atoms with E-state index in [2.05, 4.69) is 10.6 Å². The van der Waals surface area contributed by atoms with E-state index >= 15 is 0 Å². The van der Waals surface area contributed by atoms with Crippen LogP contribution in [0.4, 0.5) is 0 Å². The zero-order chi connectivity index (χ0) is 18.9. The molecule has 1 unspecified atom stereocenters. The van der Waals surface area contributed by atoms with Gasteiger partial charge in [0.15, 0.2) is 0 Å². The van der Waals surface area contributed by atoms with Crippen molar-refractivity contribution >= 4 is 36.0 Å².